The van der Waals surface area contributed by atoms with E-state index in [2.05, 4.69) is 10.4 Å². The number of ether oxygens (including phenoxy) is 2. The Labute approximate surface area is 210 Å². The summed E-state index contributed by atoms with van der Waals surface area (Å²) in [5, 5.41) is 17.8. The van der Waals surface area contributed by atoms with Crippen molar-refractivity contribution >= 4 is 28.7 Å². The molecule has 0 spiro atoms. The van der Waals surface area contributed by atoms with Gasteiger partial charge in [-0.15, -0.1) is 0 Å². The van der Waals surface area contributed by atoms with Gasteiger partial charge in [-0.1, -0.05) is 51.1 Å². The number of nitrogens with zero attached hydrogens (tertiary/aromatic N) is 3. The first-order chi connectivity index (χ1) is 17.1. The zero-order valence-corrected chi connectivity index (χ0v) is 21.0. The average Bonchev–Trinajstić information content (AvgIpc) is 3.16. The maximum absolute atomic E-state index is 13.2. The molecule has 3 aromatic rings. The van der Waals surface area contributed by atoms with Crippen LogP contribution >= 0.6 is 0 Å². The minimum Gasteiger partial charge on any atom is -0.496 e. The van der Waals surface area contributed by atoms with Gasteiger partial charge in [0.05, 0.1) is 37.3 Å². The number of amides is 2. The average molecular weight is 496 g/mol. The Morgan fingerprint density at radius 3 is 2.64 bits per heavy atom. The van der Waals surface area contributed by atoms with Crippen molar-refractivity contribution in [3.8, 4) is 5.75 Å². The minimum absolute atomic E-state index is 0.154. The monoisotopic (exact) mass is 495 g/mol. The number of nitrogens with two attached hydrogens (primary N) is 1. The van der Waals surface area contributed by atoms with Crippen LogP contribution in [0.1, 0.15) is 31.9 Å². The van der Waals surface area contributed by atoms with Crippen molar-refractivity contribution in [3.05, 3.63) is 53.6 Å². The molecule has 2 heterocycles. The van der Waals surface area contributed by atoms with E-state index in [1.807, 2.05) is 67.9 Å². The highest BCUT2D eigenvalue weighted by Crippen LogP contribution is 2.31. The van der Waals surface area contributed by atoms with E-state index in [0.717, 1.165) is 22.0 Å². The fraction of sp³-hybridized carbons (Fsp3) is 0.423. The maximum atomic E-state index is 13.2. The van der Waals surface area contributed by atoms with Gasteiger partial charge in [-0.05, 0) is 28.7 Å². The summed E-state index contributed by atoms with van der Waals surface area (Å²) in [6, 6.07) is 12.5. The van der Waals surface area contributed by atoms with Crippen molar-refractivity contribution in [1.82, 2.24) is 20.0 Å². The maximum Gasteiger partial charge on any atom is 0.408 e. The molecular formula is C26H33N5O5. The van der Waals surface area contributed by atoms with Crippen LogP contribution in [0.5, 0.6) is 5.75 Å². The molecular weight excluding hydrogens is 462 g/mol. The number of carbonyl (C=O) groups is 2. The molecule has 1 aliphatic rings. The Bertz CT molecular complexity index is 1270. The molecule has 0 aliphatic carbocycles. The van der Waals surface area contributed by atoms with Crippen molar-refractivity contribution in [1.29, 1.82) is 0 Å². The normalized spacial score (nSPS) is 18.3. The molecule has 1 unspecified atom stereocenters. The van der Waals surface area contributed by atoms with E-state index in [1.165, 1.54) is 4.90 Å². The minimum atomic E-state index is -1.13. The van der Waals surface area contributed by atoms with Crippen LogP contribution in [0.2, 0.25) is 0 Å². The van der Waals surface area contributed by atoms with Crippen molar-refractivity contribution in [2.45, 2.75) is 46.0 Å². The van der Waals surface area contributed by atoms with Crippen LogP contribution < -0.4 is 15.8 Å². The van der Waals surface area contributed by atoms with Gasteiger partial charge in [0.1, 0.15) is 11.8 Å². The van der Waals surface area contributed by atoms with Gasteiger partial charge in [-0.25, -0.2) is 4.79 Å². The predicted molar refractivity (Wildman–Crippen MR) is 136 cm³/mol. The second-order valence-electron chi connectivity index (χ2n) is 10.0. The number of fused-ring (bicyclic) bond motifs is 1. The van der Waals surface area contributed by atoms with Gasteiger partial charge in [0.25, 0.3) is 0 Å². The predicted octanol–water partition coefficient (Wildman–Crippen LogP) is 3.09. The zero-order chi connectivity index (χ0) is 26.0. The lowest BCUT2D eigenvalue weighted by Gasteiger charge is -2.44. The number of morpholine rings is 1. The Hall–Kier alpha value is -3.79. The third kappa shape index (κ3) is 5.08. The first-order valence-electron chi connectivity index (χ1n) is 11.9. The second-order valence-corrected chi connectivity index (χ2v) is 10.0. The summed E-state index contributed by atoms with van der Waals surface area (Å²) in [4.78, 5) is 26.2. The van der Waals surface area contributed by atoms with Crippen LogP contribution in [0.4, 0.5) is 10.6 Å². The van der Waals surface area contributed by atoms with Crippen LogP contribution in [0.15, 0.2) is 42.5 Å². The van der Waals surface area contributed by atoms with Gasteiger partial charge < -0.3 is 25.6 Å². The summed E-state index contributed by atoms with van der Waals surface area (Å²) < 4.78 is 13.1. The third-order valence-corrected chi connectivity index (χ3v) is 6.40. The highest BCUT2D eigenvalue weighted by molar-refractivity contribution is 5.94. The van der Waals surface area contributed by atoms with Gasteiger partial charge in [0, 0.05) is 13.1 Å². The number of anilines is 1. The molecule has 2 atom stereocenters. The van der Waals surface area contributed by atoms with E-state index in [9.17, 15) is 14.7 Å². The molecule has 0 bridgehead atoms. The molecule has 36 heavy (non-hydrogen) atoms. The number of hydrogen-bond acceptors (Lipinski definition) is 6. The molecule has 2 amide bonds. The van der Waals surface area contributed by atoms with Crippen LogP contribution in [-0.2, 0) is 22.6 Å². The molecule has 0 radical (unpaired) electrons. The number of carbonyl (C=O) groups excluding carboxylic acids is 1. The third-order valence-electron chi connectivity index (χ3n) is 6.40. The number of hydrogen-bond donors (Lipinski definition) is 3. The molecule has 4 N–H and O–H groups in total. The summed E-state index contributed by atoms with van der Waals surface area (Å²) in [7, 11) is 1.60. The fourth-order valence-electron chi connectivity index (χ4n) is 4.71. The number of nitrogen functional groups attached to an aromatic ring is 1. The topological polar surface area (TPSA) is 132 Å². The van der Waals surface area contributed by atoms with Crippen LogP contribution in [-0.4, -0.2) is 64.2 Å². The smallest absolute Gasteiger partial charge is 0.408 e. The largest absolute Gasteiger partial charge is 0.496 e. The van der Waals surface area contributed by atoms with Crippen molar-refractivity contribution in [2.75, 3.05) is 26.0 Å². The van der Waals surface area contributed by atoms with Crippen molar-refractivity contribution in [2.24, 2.45) is 5.41 Å². The Kier molecular flexibility index (Phi) is 7.07. The highest BCUT2D eigenvalue weighted by Gasteiger charge is 2.45. The number of aromatic nitrogens is 2. The first kappa shape index (κ1) is 25.3. The summed E-state index contributed by atoms with van der Waals surface area (Å²) in [6.45, 7) is 6.97. The molecule has 1 aliphatic heterocycles. The molecule has 1 aromatic heterocycles. The number of methoxy groups -OCH3 is 1. The quantitative estimate of drug-likeness (QED) is 0.479. The summed E-state index contributed by atoms with van der Waals surface area (Å²) in [6.07, 6.45) is -1.68. The Balaban J connectivity index is 1.50. The van der Waals surface area contributed by atoms with E-state index >= 15 is 0 Å². The summed E-state index contributed by atoms with van der Waals surface area (Å²) in [5.41, 5.74) is 8.47. The molecule has 1 saturated heterocycles. The van der Waals surface area contributed by atoms with E-state index in [4.69, 9.17) is 15.2 Å². The van der Waals surface area contributed by atoms with Gasteiger partial charge in [-0.3, -0.25) is 14.4 Å². The summed E-state index contributed by atoms with van der Waals surface area (Å²) in [5.74, 6) is 0.695. The van der Waals surface area contributed by atoms with E-state index in [1.54, 1.807) is 7.11 Å². The second kappa shape index (κ2) is 10.1. The summed E-state index contributed by atoms with van der Waals surface area (Å²) >= 11 is 0. The standard InChI is InChI=1S/C26H33N5O5/c1-26(2,3)22-21(30(25(33)34)11-12-36-22)24(32)28-14-16-7-5-8-17(13-16)15-31-18-9-6-10-19(35-4)20(18)23(27)29-31/h5-10,13,21-22H,11-12,14-15H2,1-4H3,(H2,27,29)(H,28,32)(H,33,34)/t21-,22?/m1/s1. The van der Waals surface area contributed by atoms with E-state index in [-0.39, 0.29) is 25.6 Å². The first-order valence-corrected chi connectivity index (χ1v) is 11.9. The lowest BCUT2D eigenvalue weighted by molar-refractivity contribution is -0.148. The zero-order valence-electron chi connectivity index (χ0n) is 21.0. The number of rotatable bonds is 6. The Morgan fingerprint density at radius 1 is 1.22 bits per heavy atom. The molecule has 10 nitrogen and oxygen atoms in total. The van der Waals surface area contributed by atoms with Gasteiger partial charge >= 0.3 is 6.09 Å². The van der Waals surface area contributed by atoms with E-state index in [0.29, 0.717) is 18.1 Å². The van der Waals surface area contributed by atoms with Crippen molar-refractivity contribution < 1.29 is 24.2 Å². The highest BCUT2D eigenvalue weighted by atomic mass is 16.5. The lowest BCUT2D eigenvalue weighted by Crippen LogP contribution is -2.62. The number of carboxylic acid groups (broad SMARTS) is 1. The molecule has 192 valence electrons. The number of benzene rings is 2. The molecule has 10 heteroatoms. The van der Waals surface area contributed by atoms with Crippen LogP contribution in [0.3, 0.4) is 0 Å². The lowest BCUT2D eigenvalue weighted by atomic mass is 9.82. The van der Waals surface area contributed by atoms with Crippen molar-refractivity contribution in [3.63, 3.8) is 0 Å². The SMILES string of the molecule is COc1cccc2c1c(N)nn2Cc1cccc(CNC(=O)[C@H]2C(C(C)(C)C)OCCN2C(=O)O)c1. The number of nitrogens with one attached hydrogen (secondary N) is 1. The van der Waals surface area contributed by atoms with Crippen LogP contribution in [0.25, 0.3) is 10.9 Å². The Morgan fingerprint density at radius 2 is 1.94 bits per heavy atom. The van der Waals surface area contributed by atoms with E-state index < -0.39 is 23.7 Å². The fourth-order valence-corrected chi connectivity index (χ4v) is 4.71. The van der Waals surface area contributed by atoms with Gasteiger partial charge in [0.15, 0.2) is 5.82 Å². The van der Waals surface area contributed by atoms with Gasteiger partial charge in [0.2, 0.25) is 5.91 Å². The van der Waals surface area contributed by atoms with Crippen LogP contribution in [0, 0.1) is 5.41 Å². The molecule has 1 fully saturated rings. The van der Waals surface area contributed by atoms with Gasteiger partial charge in [-0.2, -0.15) is 5.10 Å². The molecule has 0 saturated carbocycles. The molecule has 2 aromatic carbocycles. The molecule has 4 rings (SSSR count).